The van der Waals surface area contributed by atoms with Crippen molar-refractivity contribution in [1.29, 1.82) is 0 Å². The third-order valence-corrected chi connectivity index (χ3v) is 3.63. The van der Waals surface area contributed by atoms with Crippen molar-refractivity contribution in [3.63, 3.8) is 0 Å². The Morgan fingerprint density at radius 1 is 1.24 bits per heavy atom. The Morgan fingerprint density at radius 2 is 1.92 bits per heavy atom. The summed E-state index contributed by atoms with van der Waals surface area (Å²) in [5.41, 5.74) is 1.19. The predicted molar refractivity (Wildman–Crippen MR) is 91.2 cm³/mol. The van der Waals surface area contributed by atoms with Crippen molar-refractivity contribution in [2.24, 2.45) is 0 Å². The van der Waals surface area contributed by atoms with Crippen LogP contribution in [0, 0.1) is 12.7 Å². The molecule has 2 rings (SSSR count). The fraction of sp³-hybridized carbons (Fsp3) is 0.211. The number of alkyl halides is 1. The highest BCUT2D eigenvalue weighted by Gasteiger charge is 2.19. The Labute approximate surface area is 144 Å². The summed E-state index contributed by atoms with van der Waals surface area (Å²) in [7, 11) is 0. The maximum Gasteiger partial charge on any atom is 0.340 e. The molecule has 2 aromatic rings. The molecule has 0 aliphatic rings. The van der Waals surface area contributed by atoms with Crippen LogP contribution < -0.4 is 4.74 Å². The van der Waals surface area contributed by atoms with E-state index in [0.29, 0.717) is 11.1 Å². The SMILES string of the molecule is Cc1c(OCCCF)cc(O)c(C(=O)O)c1C=Cc1ccc(F)cc1. The molecular formula is C19H18F2O4. The van der Waals surface area contributed by atoms with Gasteiger partial charge < -0.3 is 14.9 Å². The van der Waals surface area contributed by atoms with Gasteiger partial charge >= 0.3 is 5.97 Å². The summed E-state index contributed by atoms with van der Waals surface area (Å²) in [6.07, 6.45) is 3.33. The molecule has 0 aliphatic heterocycles. The summed E-state index contributed by atoms with van der Waals surface area (Å²) < 4.78 is 30.6. The minimum absolute atomic E-state index is 0.115. The molecule has 0 aromatic heterocycles. The Bertz CT molecular complexity index is 783. The van der Waals surface area contributed by atoms with E-state index in [1.54, 1.807) is 25.1 Å². The molecule has 0 amide bonds. The molecule has 0 atom stereocenters. The topological polar surface area (TPSA) is 66.8 Å². The standard InChI is InChI=1S/C19H18F2O4/c1-12-15(8-5-13-3-6-14(21)7-4-13)18(19(23)24)16(22)11-17(12)25-10-2-9-20/h3-8,11,22H,2,9-10H2,1H3,(H,23,24). The molecule has 0 fully saturated rings. The Kier molecular flexibility index (Phi) is 6.11. The second-order valence-electron chi connectivity index (χ2n) is 5.39. The summed E-state index contributed by atoms with van der Waals surface area (Å²) >= 11 is 0. The average Bonchev–Trinajstić information content (AvgIpc) is 2.57. The van der Waals surface area contributed by atoms with Crippen LogP contribution in [-0.2, 0) is 0 Å². The maximum absolute atomic E-state index is 13.0. The van der Waals surface area contributed by atoms with Gasteiger partial charge in [0.1, 0.15) is 22.9 Å². The fourth-order valence-electron chi connectivity index (χ4n) is 2.34. The average molecular weight is 348 g/mol. The Hall–Kier alpha value is -2.89. The minimum atomic E-state index is -1.28. The number of halogens is 2. The molecule has 6 heteroatoms. The molecule has 0 unspecified atom stereocenters. The van der Waals surface area contributed by atoms with Gasteiger partial charge in [-0.15, -0.1) is 0 Å². The lowest BCUT2D eigenvalue weighted by molar-refractivity contribution is 0.0693. The highest BCUT2D eigenvalue weighted by molar-refractivity contribution is 5.97. The van der Waals surface area contributed by atoms with Gasteiger partial charge in [0.05, 0.1) is 13.3 Å². The van der Waals surface area contributed by atoms with Crippen molar-refractivity contribution >= 4 is 18.1 Å². The van der Waals surface area contributed by atoms with E-state index in [4.69, 9.17) is 4.74 Å². The number of hydrogen-bond acceptors (Lipinski definition) is 3. The lowest BCUT2D eigenvalue weighted by Gasteiger charge is -2.14. The van der Waals surface area contributed by atoms with Crippen LogP contribution in [0.4, 0.5) is 8.78 Å². The molecule has 0 bridgehead atoms. The molecular weight excluding hydrogens is 330 g/mol. The zero-order chi connectivity index (χ0) is 18.4. The van der Waals surface area contributed by atoms with Crippen molar-refractivity contribution in [3.8, 4) is 11.5 Å². The highest BCUT2D eigenvalue weighted by atomic mass is 19.1. The highest BCUT2D eigenvalue weighted by Crippen LogP contribution is 2.34. The fourth-order valence-corrected chi connectivity index (χ4v) is 2.34. The van der Waals surface area contributed by atoms with Gasteiger partial charge in [-0.2, -0.15) is 0 Å². The molecule has 0 aliphatic carbocycles. The van der Waals surface area contributed by atoms with Crippen LogP contribution in [-0.4, -0.2) is 29.5 Å². The monoisotopic (exact) mass is 348 g/mol. The van der Waals surface area contributed by atoms with Crippen LogP contribution in [0.25, 0.3) is 12.2 Å². The second kappa shape index (κ2) is 8.28. The van der Waals surface area contributed by atoms with Crippen molar-refractivity contribution in [1.82, 2.24) is 0 Å². The molecule has 0 radical (unpaired) electrons. The van der Waals surface area contributed by atoms with Crippen LogP contribution in [0.5, 0.6) is 11.5 Å². The third-order valence-electron chi connectivity index (χ3n) is 3.63. The van der Waals surface area contributed by atoms with Crippen LogP contribution in [0.3, 0.4) is 0 Å². The number of ether oxygens (including phenoxy) is 1. The summed E-state index contributed by atoms with van der Waals surface area (Å²) in [4.78, 5) is 11.5. The molecule has 2 aromatic carbocycles. The lowest BCUT2D eigenvalue weighted by Crippen LogP contribution is -2.06. The van der Waals surface area contributed by atoms with E-state index >= 15 is 0 Å². The molecule has 0 saturated carbocycles. The number of phenols is 1. The predicted octanol–water partition coefficient (Wildman–Crippen LogP) is 4.45. The molecule has 0 spiro atoms. The number of carbonyl (C=O) groups is 1. The molecule has 0 saturated heterocycles. The third kappa shape index (κ3) is 4.56. The Morgan fingerprint density at radius 3 is 2.52 bits per heavy atom. The van der Waals surface area contributed by atoms with Gasteiger partial charge in [0.15, 0.2) is 0 Å². The number of benzene rings is 2. The number of carboxylic acids is 1. The molecule has 0 heterocycles. The summed E-state index contributed by atoms with van der Waals surface area (Å²) in [6.45, 7) is 1.24. The second-order valence-corrected chi connectivity index (χ2v) is 5.39. The first-order valence-electron chi connectivity index (χ1n) is 7.66. The Balaban J connectivity index is 2.44. The van der Waals surface area contributed by atoms with Crippen molar-refractivity contribution < 1.29 is 28.5 Å². The van der Waals surface area contributed by atoms with E-state index in [2.05, 4.69) is 0 Å². The zero-order valence-electron chi connectivity index (χ0n) is 13.6. The molecule has 132 valence electrons. The van der Waals surface area contributed by atoms with Gasteiger partial charge in [-0.25, -0.2) is 9.18 Å². The molecule has 2 N–H and O–H groups in total. The summed E-state index contributed by atoms with van der Waals surface area (Å²) in [6, 6.07) is 6.88. The van der Waals surface area contributed by atoms with Gasteiger partial charge in [-0.1, -0.05) is 24.3 Å². The summed E-state index contributed by atoms with van der Waals surface area (Å²) in [5.74, 6) is -1.81. The number of aromatic hydroxyl groups is 1. The molecule has 4 nitrogen and oxygen atoms in total. The normalized spacial score (nSPS) is 11.0. The van der Waals surface area contributed by atoms with Gasteiger partial charge in [0.25, 0.3) is 0 Å². The summed E-state index contributed by atoms with van der Waals surface area (Å²) in [5, 5.41) is 19.4. The van der Waals surface area contributed by atoms with Crippen LogP contribution in [0.2, 0.25) is 0 Å². The van der Waals surface area contributed by atoms with Gasteiger partial charge in [0.2, 0.25) is 0 Å². The van der Waals surface area contributed by atoms with Crippen molar-refractivity contribution in [2.45, 2.75) is 13.3 Å². The lowest BCUT2D eigenvalue weighted by atomic mass is 9.98. The van der Waals surface area contributed by atoms with E-state index in [1.807, 2.05) is 0 Å². The van der Waals surface area contributed by atoms with E-state index < -0.39 is 18.4 Å². The van der Waals surface area contributed by atoms with E-state index in [1.165, 1.54) is 24.3 Å². The first-order chi connectivity index (χ1) is 11.9. The number of carboxylic acid groups (broad SMARTS) is 1. The largest absolute Gasteiger partial charge is 0.507 e. The van der Waals surface area contributed by atoms with Gasteiger partial charge in [0, 0.05) is 12.5 Å². The van der Waals surface area contributed by atoms with E-state index in [0.717, 1.165) is 0 Å². The van der Waals surface area contributed by atoms with E-state index in [9.17, 15) is 23.8 Å². The first-order valence-corrected chi connectivity index (χ1v) is 7.66. The van der Waals surface area contributed by atoms with Gasteiger partial charge in [-0.3, -0.25) is 4.39 Å². The van der Waals surface area contributed by atoms with Crippen molar-refractivity contribution in [3.05, 3.63) is 58.4 Å². The first kappa shape index (κ1) is 18.4. The maximum atomic E-state index is 13.0. The number of aromatic carboxylic acids is 1. The van der Waals surface area contributed by atoms with E-state index in [-0.39, 0.29) is 35.7 Å². The van der Waals surface area contributed by atoms with Crippen molar-refractivity contribution in [2.75, 3.05) is 13.3 Å². The number of rotatable bonds is 7. The zero-order valence-corrected chi connectivity index (χ0v) is 13.6. The number of hydrogen-bond donors (Lipinski definition) is 2. The molecule has 25 heavy (non-hydrogen) atoms. The van der Waals surface area contributed by atoms with Crippen LogP contribution in [0.15, 0.2) is 30.3 Å². The quantitative estimate of drug-likeness (QED) is 0.573. The van der Waals surface area contributed by atoms with Crippen LogP contribution in [0.1, 0.15) is 33.5 Å². The smallest absolute Gasteiger partial charge is 0.340 e. The van der Waals surface area contributed by atoms with Crippen LogP contribution >= 0.6 is 0 Å². The minimum Gasteiger partial charge on any atom is -0.507 e. The van der Waals surface area contributed by atoms with Gasteiger partial charge in [-0.05, 0) is 35.7 Å².